The molecule has 0 atom stereocenters. The highest BCUT2D eigenvalue weighted by molar-refractivity contribution is 5.36. The molecule has 1 aromatic rings. The minimum absolute atomic E-state index is 0.0330. The number of alkyl halides is 3. The standard InChI is InChI=1S/C14H15F3N2O/c15-14(16,17)10-19(12-4-5-12)6-7-20-13-3-1-2-11(8-13)9-18/h1-3,8,12H,4-7,10H2. The van der Waals surface area contributed by atoms with Gasteiger partial charge in [0.2, 0.25) is 0 Å². The zero-order valence-electron chi connectivity index (χ0n) is 10.9. The fourth-order valence-electron chi connectivity index (χ4n) is 2.00. The Labute approximate surface area is 115 Å². The maximum absolute atomic E-state index is 12.4. The number of ether oxygens (including phenoxy) is 1. The molecule has 108 valence electrons. The Balaban J connectivity index is 1.82. The molecule has 2 rings (SSSR count). The second kappa shape index (κ2) is 6.14. The summed E-state index contributed by atoms with van der Waals surface area (Å²) in [6.45, 7) is -0.471. The first-order chi connectivity index (χ1) is 9.48. The van der Waals surface area contributed by atoms with Gasteiger partial charge in [-0.05, 0) is 31.0 Å². The number of rotatable bonds is 6. The third kappa shape index (κ3) is 4.74. The van der Waals surface area contributed by atoms with Crippen LogP contribution in [0.4, 0.5) is 13.2 Å². The van der Waals surface area contributed by atoms with E-state index in [0.717, 1.165) is 12.8 Å². The van der Waals surface area contributed by atoms with E-state index in [2.05, 4.69) is 0 Å². The molecule has 1 aromatic carbocycles. The molecule has 1 aliphatic rings. The fourth-order valence-corrected chi connectivity index (χ4v) is 2.00. The van der Waals surface area contributed by atoms with Crippen LogP contribution in [0, 0.1) is 11.3 Å². The number of hydrogen-bond donors (Lipinski definition) is 0. The van der Waals surface area contributed by atoms with E-state index in [9.17, 15) is 13.2 Å². The molecular formula is C14H15F3N2O. The Bertz CT molecular complexity index is 492. The summed E-state index contributed by atoms with van der Waals surface area (Å²) in [6.07, 6.45) is -2.54. The largest absolute Gasteiger partial charge is 0.492 e. The molecule has 0 N–H and O–H groups in total. The van der Waals surface area contributed by atoms with Gasteiger partial charge in [-0.25, -0.2) is 0 Å². The molecule has 0 heterocycles. The molecule has 1 saturated carbocycles. The molecule has 20 heavy (non-hydrogen) atoms. The number of halogens is 3. The molecule has 0 unspecified atom stereocenters. The number of hydrogen-bond acceptors (Lipinski definition) is 3. The number of nitriles is 1. The highest BCUT2D eigenvalue weighted by atomic mass is 19.4. The molecule has 0 bridgehead atoms. The third-order valence-corrected chi connectivity index (χ3v) is 3.06. The molecule has 0 radical (unpaired) electrons. The highest BCUT2D eigenvalue weighted by Gasteiger charge is 2.37. The van der Waals surface area contributed by atoms with E-state index in [1.807, 2.05) is 6.07 Å². The lowest BCUT2D eigenvalue weighted by Crippen LogP contribution is -2.38. The fraction of sp³-hybridized carbons (Fsp3) is 0.500. The second-order valence-corrected chi connectivity index (χ2v) is 4.80. The van der Waals surface area contributed by atoms with Gasteiger partial charge in [0.15, 0.2) is 0 Å². The normalized spacial score (nSPS) is 15.2. The van der Waals surface area contributed by atoms with Crippen molar-refractivity contribution in [2.45, 2.75) is 25.1 Å². The highest BCUT2D eigenvalue weighted by Crippen LogP contribution is 2.29. The molecule has 0 aliphatic heterocycles. The van der Waals surface area contributed by atoms with Gasteiger partial charge in [0.1, 0.15) is 12.4 Å². The SMILES string of the molecule is N#Cc1cccc(OCCN(CC(F)(F)F)C2CC2)c1. The maximum Gasteiger partial charge on any atom is 0.401 e. The minimum atomic E-state index is -4.18. The average Bonchev–Trinajstić information content (AvgIpc) is 3.21. The van der Waals surface area contributed by atoms with E-state index in [1.165, 1.54) is 4.90 Å². The quantitative estimate of drug-likeness (QED) is 0.805. The predicted molar refractivity (Wildman–Crippen MR) is 67.3 cm³/mol. The number of nitrogens with zero attached hydrogens (tertiary/aromatic N) is 2. The minimum Gasteiger partial charge on any atom is -0.492 e. The van der Waals surface area contributed by atoms with Crippen LogP contribution in [0.3, 0.4) is 0 Å². The van der Waals surface area contributed by atoms with Gasteiger partial charge < -0.3 is 4.74 Å². The second-order valence-electron chi connectivity index (χ2n) is 4.80. The van der Waals surface area contributed by atoms with Crippen LogP contribution in [0.2, 0.25) is 0 Å². The van der Waals surface area contributed by atoms with E-state index in [4.69, 9.17) is 10.00 Å². The molecule has 0 saturated heterocycles. The summed E-state index contributed by atoms with van der Waals surface area (Å²) in [4.78, 5) is 1.41. The van der Waals surface area contributed by atoms with E-state index >= 15 is 0 Å². The summed E-state index contributed by atoms with van der Waals surface area (Å²) in [7, 11) is 0. The van der Waals surface area contributed by atoms with Gasteiger partial charge in [0.25, 0.3) is 0 Å². The summed E-state index contributed by atoms with van der Waals surface area (Å²) < 4.78 is 42.7. The summed E-state index contributed by atoms with van der Waals surface area (Å²) in [5, 5.41) is 8.75. The lowest BCUT2D eigenvalue weighted by Gasteiger charge is -2.23. The Kier molecular flexibility index (Phi) is 4.50. The molecule has 0 amide bonds. The van der Waals surface area contributed by atoms with E-state index in [0.29, 0.717) is 11.3 Å². The van der Waals surface area contributed by atoms with Gasteiger partial charge in [-0.15, -0.1) is 0 Å². The zero-order valence-corrected chi connectivity index (χ0v) is 10.9. The summed E-state index contributed by atoms with van der Waals surface area (Å²) in [5.41, 5.74) is 0.469. The Morgan fingerprint density at radius 3 is 2.70 bits per heavy atom. The first kappa shape index (κ1) is 14.7. The van der Waals surface area contributed by atoms with Gasteiger partial charge >= 0.3 is 6.18 Å². The first-order valence-corrected chi connectivity index (χ1v) is 6.42. The van der Waals surface area contributed by atoms with Crippen molar-refractivity contribution in [1.82, 2.24) is 4.90 Å². The molecule has 1 aliphatic carbocycles. The predicted octanol–water partition coefficient (Wildman–Crippen LogP) is 2.96. The van der Waals surface area contributed by atoms with Crippen LogP contribution >= 0.6 is 0 Å². The molecule has 3 nitrogen and oxygen atoms in total. The van der Waals surface area contributed by atoms with Gasteiger partial charge in [-0.2, -0.15) is 18.4 Å². The van der Waals surface area contributed by atoms with Gasteiger partial charge in [0.05, 0.1) is 18.2 Å². The van der Waals surface area contributed by atoms with Crippen LogP contribution < -0.4 is 4.74 Å². The van der Waals surface area contributed by atoms with Crippen molar-refractivity contribution in [2.75, 3.05) is 19.7 Å². The third-order valence-electron chi connectivity index (χ3n) is 3.06. The molecule has 1 fully saturated rings. The summed E-state index contributed by atoms with van der Waals surface area (Å²) >= 11 is 0. The van der Waals surface area contributed by atoms with Crippen LogP contribution in [0.5, 0.6) is 5.75 Å². The van der Waals surface area contributed by atoms with Gasteiger partial charge in [-0.1, -0.05) is 6.07 Å². The average molecular weight is 284 g/mol. The maximum atomic E-state index is 12.4. The Morgan fingerprint density at radius 2 is 2.10 bits per heavy atom. The van der Waals surface area contributed by atoms with Crippen LogP contribution in [0.1, 0.15) is 18.4 Å². The van der Waals surface area contributed by atoms with Crippen LogP contribution in [-0.2, 0) is 0 Å². The topological polar surface area (TPSA) is 36.3 Å². The van der Waals surface area contributed by atoms with Crippen LogP contribution in [0.25, 0.3) is 0 Å². The van der Waals surface area contributed by atoms with Crippen LogP contribution in [-0.4, -0.2) is 36.8 Å². The lowest BCUT2D eigenvalue weighted by atomic mass is 10.2. The molecular weight excluding hydrogens is 269 g/mol. The van der Waals surface area contributed by atoms with Crippen molar-refractivity contribution in [2.24, 2.45) is 0 Å². The van der Waals surface area contributed by atoms with Crippen molar-refractivity contribution in [3.63, 3.8) is 0 Å². The smallest absolute Gasteiger partial charge is 0.401 e. The zero-order chi connectivity index (χ0) is 14.6. The lowest BCUT2D eigenvalue weighted by molar-refractivity contribution is -0.147. The van der Waals surface area contributed by atoms with E-state index < -0.39 is 12.7 Å². The van der Waals surface area contributed by atoms with Crippen molar-refractivity contribution < 1.29 is 17.9 Å². The van der Waals surface area contributed by atoms with Crippen molar-refractivity contribution in [3.05, 3.63) is 29.8 Å². The van der Waals surface area contributed by atoms with Crippen LogP contribution in [0.15, 0.2) is 24.3 Å². The van der Waals surface area contributed by atoms with E-state index in [-0.39, 0.29) is 19.2 Å². The summed E-state index contributed by atoms with van der Waals surface area (Å²) in [6, 6.07) is 8.61. The van der Waals surface area contributed by atoms with Gasteiger partial charge in [-0.3, -0.25) is 4.90 Å². The van der Waals surface area contributed by atoms with Gasteiger partial charge in [0, 0.05) is 12.6 Å². The molecule has 6 heteroatoms. The molecule has 0 spiro atoms. The monoisotopic (exact) mass is 284 g/mol. The Morgan fingerprint density at radius 1 is 1.35 bits per heavy atom. The molecule has 0 aromatic heterocycles. The summed E-state index contributed by atoms with van der Waals surface area (Å²) in [5.74, 6) is 0.506. The van der Waals surface area contributed by atoms with E-state index in [1.54, 1.807) is 24.3 Å². The van der Waals surface area contributed by atoms with Crippen molar-refractivity contribution in [3.8, 4) is 11.8 Å². The Hall–Kier alpha value is -1.74. The first-order valence-electron chi connectivity index (χ1n) is 6.42. The number of benzene rings is 1. The van der Waals surface area contributed by atoms with Crippen molar-refractivity contribution >= 4 is 0 Å². The van der Waals surface area contributed by atoms with Crippen molar-refractivity contribution in [1.29, 1.82) is 5.26 Å².